The van der Waals surface area contributed by atoms with Gasteiger partial charge in [-0.2, -0.15) is 0 Å². The molecule has 0 aliphatic carbocycles. The number of esters is 1. The van der Waals surface area contributed by atoms with E-state index >= 15 is 0 Å². The molecule has 1 aliphatic rings. The summed E-state index contributed by atoms with van der Waals surface area (Å²) in [4.78, 5) is 22.6. The second-order valence-corrected chi connectivity index (χ2v) is 9.26. The van der Waals surface area contributed by atoms with Crippen LogP contribution >= 0.6 is 22.7 Å². The maximum atomic E-state index is 12.6. The average molecular weight is 386 g/mol. The molecular weight excluding hydrogens is 366 g/mol. The zero-order chi connectivity index (χ0) is 18.5. The molecule has 1 aliphatic heterocycles. The number of thiazole rings is 1. The van der Waals surface area contributed by atoms with E-state index in [1.807, 2.05) is 39.0 Å². The van der Waals surface area contributed by atoms with Gasteiger partial charge in [0.25, 0.3) is 0 Å². The lowest BCUT2D eigenvalue weighted by molar-refractivity contribution is -0.156. The normalized spacial score (nSPS) is 16.7. The van der Waals surface area contributed by atoms with E-state index in [1.54, 1.807) is 17.6 Å². The van der Waals surface area contributed by atoms with Crippen LogP contribution in [0.15, 0.2) is 29.3 Å². The Morgan fingerprint density at radius 2 is 2.04 bits per heavy atom. The first-order valence-electron chi connectivity index (χ1n) is 8.35. The molecule has 4 rings (SSSR count). The van der Waals surface area contributed by atoms with E-state index in [0.29, 0.717) is 11.4 Å². The molecular formula is C19H19N3O2S2. The lowest BCUT2D eigenvalue weighted by atomic mass is 10.0. The van der Waals surface area contributed by atoms with Gasteiger partial charge in [-0.05, 0) is 38.5 Å². The first kappa shape index (κ1) is 17.2. The third kappa shape index (κ3) is 3.01. The number of carbonyl (C=O) groups is 1. The quantitative estimate of drug-likeness (QED) is 0.653. The number of rotatable bonds is 2. The van der Waals surface area contributed by atoms with Gasteiger partial charge in [-0.25, -0.2) is 9.78 Å². The van der Waals surface area contributed by atoms with Crippen molar-refractivity contribution in [2.45, 2.75) is 38.8 Å². The predicted octanol–water partition coefficient (Wildman–Crippen LogP) is 4.62. The Labute approximate surface area is 159 Å². The molecule has 0 saturated carbocycles. The summed E-state index contributed by atoms with van der Waals surface area (Å²) in [6.07, 6.45) is 2.42. The topological polar surface area (TPSA) is 77.6 Å². The van der Waals surface area contributed by atoms with E-state index in [2.05, 4.69) is 11.1 Å². The largest absolute Gasteiger partial charge is 0.458 e. The molecule has 1 unspecified atom stereocenters. The number of carbonyl (C=O) groups excluding carboxylic acids is 1. The molecule has 0 fully saturated rings. The summed E-state index contributed by atoms with van der Waals surface area (Å²) in [5.74, 6) is -0.341. The van der Waals surface area contributed by atoms with Gasteiger partial charge >= 0.3 is 5.97 Å². The molecule has 26 heavy (non-hydrogen) atoms. The van der Waals surface area contributed by atoms with Crippen molar-refractivity contribution in [1.82, 2.24) is 4.98 Å². The van der Waals surface area contributed by atoms with Crippen LogP contribution in [0.1, 0.15) is 37.3 Å². The second kappa shape index (κ2) is 6.17. The number of anilines is 1. The molecule has 3 heterocycles. The van der Waals surface area contributed by atoms with Crippen molar-refractivity contribution in [3.8, 4) is 10.6 Å². The number of aromatic nitrogens is 1. The molecule has 1 aromatic carbocycles. The number of thiophene rings is 1. The Balaban J connectivity index is 1.77. The smallest absolute Gasteiger partial charge is 0.336 e. The number of hydrogen-bond acceptors (Lipinski definition) is 7. The fraction of sp³-hybridized carbons (Fsp3) is 0.316. The molecule has 134 valence electrons. The van der Waals surface area contributed by atoms with Gasteiger partial charge in [-0.3, -0.25) is 4.99 Å². The maximum Gasteiger partial charge on any atom is 0.336 e. The summed E-state index contributed by atoms with van der Waals surface area (Å²) in [5, 5.41) is 1.56. The standard InChI is InChI=1S/C19H19N3O2S2/c1-19(2,3)24-18(23)14-15-10(8-9-21-14)13(16(20)26-15)17-22-11-6-4-5-7-12(11)25-17/h4-7,9,14H,8,20H2,1-3H3. The van der Waals surface area contributed by atoms with Gasteiger partial charge < -0.3 is 10.5 Å². The van der Waals surface area contributed by atoms with Gasteiger partial charge in [0.15, 0.2) is 6.04 Å². The van der Waals surface area contributed by atoms with E-state index < -0.39 is 11.6 Å². The minimum atomic E-state index is -0.645. The fourth-order valence-electron chi connectivity index (χ4n) is 2.98. The molecule has 0 radical (unpaired) electrons. The molecule has 7 heteroatoms. The van der Waals surface area contributed by atoms with Crippen molar-refractivity contribution in [1.29, 1.82) is 0 Å². The van der Waals surface area contributed by atoms with Crippen LogP contribution in [0.4, 0.5) is 5.00 Å². The number of benzene rings is 1. The van der Waals surface area contributed by atoms with E-state index in [4.69, 9.17) is 15.5 Å². The number of hydrogen-bond donors (Lipinski definition) is 1. The van der Waals surface area contributed by atoms with Crippen molar-refractivity contribution in [3.05, 3.63) is 34.7 Å². The number of para-hydroxylation sites is 1. The molecule has 3 aromatic rings. The van der Waals surface area contributed by atoms with Crippen molar-refractivity contribution in [3.63, 3.8) is 0 Å². The van der Waals surface area contributed by atoms with Crippen LogP contribution in [0, 0.1) is 0 Å². The van der Waals surface area contributed by atoms with E-state index in [1.165, 1.54) is 11.3 Å². The van der Waals surface area contributed by atoms with Crippen LogP contribution in [0.5, 0.6) is 0 Å². The van der Waals surface area contributed by atoms with Gasteiger partial charge in [0.05, 0.1) is 15.2 Å². The summed E-state index contributed by atoms with van der Waals surface area (Å²) in [7, 11) is 0. The Bertz CT molecular complexity index is 994. The highest BCUT2D eigenvalue weighted by molar-refractivity contribution is 7.22. The molecule has 0 saturated heterocycles. The summed E-state index contributed by atoms with van der Waals surface area (Å²) >= 11 is 3.03. The number of nitrogen functional groups attached to an aromatic ring is 1. The molecule has 2 aromatic heterocycles. The Hall–Kier alpha value is -2.25. The SMILES string of the molecule is CC(C)(C)OC(=O)C1N=CCc2c1sc(N)c2-c1nc2ccccc2s1. The Morgan fingerprint density at radius 1 is 1.27 bits per heavy atom. The maximum absolute atomic E-state index is 12.6. The average Bonchev–Trinajstić information content (AvgIpc) is 3.11. The van der Waals surface area contributed by atoms with Crippen LogP contribution in [0.3, 0.4) is 0 Å². The van der Waals surface area contributed by atoms with E-state index in [9.17, 15) is 4.79 Å². The first-order valence-corrected chi connectivity index (χ1v) is 9.98. The summed E-state index contributed by atoms with van der Waals surface area (Å²) in [6, 6.07) is 7.38. The van der Waals surface area contributed by atoms with Crippen LogP contribution < -0.4 is 5.73 Å². The van der Waals surface area contributed by atoms with Crippen LogP contribution in [0.25, 0.3) is 20.8 Å². The van der Waals surface area contributed by atoms with Crippen LogP contribution in [0.2, 0.25) is 0 Å². The predicted molar refractivity (Wildman–Crippen MR) is 108 cm³/mol. The molecule has 0 spiro atoms. The minimum Gasteiger partial charge on any atom is -0.458 e. The summed E-state index contributed by atoms with van der Waals surface area (Å²) in [6.45, 7) is 5.56. The number of aliphatic imine (C=N–C) groups is 1. The molecule has 0 amide bonds. The molecule has 2 N–H and O–H groups in total. The van der Waals surface area contributed by atoms with E-state index in [0.717, 1.165) is 31.2 Å². The van der Waals surface area contributed by atoms with Crippen molar-refractivity contribution in [2.24, 2.45) is 4.99 Å². The minimum absolute atomic E-state index is 0.341. The zero-order valence-electron chi connectivity index (χ0n) is 14.8. The van der Waals surface area contributed by atoms with Gasteiger partial charge in [-0.15, -0.1) is 22.7 Å². The molecule has 1 atom stereocenters. The van der Waals surface area contributed by atoms with E-state index in [-0.39, 0.29) is 5.97 Å². The number of nitrogens with two attached hydrogens (primary N) is 1. The highest BCUT2D eigenvalue weighted by atomic mass is 32.1. The zero-order valence-corrected chi connectivity index (χ0v) is 16.4. The monoisotopic (exact) mass is 385 g/mol. The lowest BCUT2D eigenvalue weighted by Crippen LogP contribution is -2.28. The van der Waals surface area contributed by atoms with Gasteiger partial charge in [-0.1, -0.05) is 12.1 Å². The highest BCUT2D eigenvalue weighted by Crippen LogP contribution is 2.46. The Morgan fingerprint density at radius 3 is 2.77 bits per heavy atom. The second-order valence-electron chi connectivity index (χ2n) is 7.14. The first-order chi connectivity index (χ1) is 12.3. The third-order valence-corrected chi connectivity index (χ3v) is 6.17. The third-order valence-electron chi connectivity index (χ3n) is 4.00. The van der Waals surface area contributed by atoms with Crippen molar-refractivity contribution < 1.29 is 9.53 Å². The molecule has 0 bridgehead atoms. The van der Waals surface area contributed by atoms with Gasteiger partial charge in [0.1, 0.15) is 10.6 Å². The summed E-state index contributed by atoms with van der Waals surface area (Å²) in [5.41, 5.74) is 8.72. The fourth-order valence-corrected chi connectivity index (χ4v) is 5.24. The van der Waals surface area contributed by atoms with Crippen LogP contribution in [-0.4, -0.2) is 22.8 Å². The van der Waals surface area contributed by atoms with Crippen molar-refractivity contribution >= 4 is 50.1 Å². The molecule has 5 nitrogen and oxygen atoms in total. The van der Waals surface area contributed by atoms with Crippen LogP contribution in [-0.2, 0) is 16.0 Å². The number of fused-ring (bicyclic) bond motifs is 2. The lowest BCUT2D eigenvalue weighted by Gasteiger charge is -2.23. The Kier molecular flexibility index (Phi) is 4.08. The number of nitrogens with zero attached hydrogens (tertiary/aromatic N) is 2. The highest BCUT2D eigenvalue weighted by Gasteiger charge is 2.34. The van der Waals surface area contributed by atoms with Gasteiger partial charge in [0.2, 0.25) is 0 Å². The van der Waals surface area contributed by atoms with Crippen molar-refractivity contribution in [2.75, 3.05) is 5.73 Å². The van der Waals surface area contributed by atoms with Gasteiger partial charge in [0, 0.05) is 23.1 Å². The summed E-state index contributed by atoms with van der Waals surface area (Å²) < 4.78 is 6.66. The number of ether oxygens (including phenoxy) is 1.